The smallest absolute Gasteiger partial charge is 0.227 e. The van der Waals surface area contributed by atoms with Crippen LogP contribution >= 0.6 is 0 Å². The topological polar surface area (TPSA) is 42.0 Å². The monoisotopic (exact) mass is 394 g/mol. The van der Waals surface area contributed by atoms with Gasteiger partial charge in [0.25, 0.3) is 0 Å². The van der Waals surface area contributed by atoms with Gasteiger partial charge in [-0.2, -0.15) is 0 Å². The maximum absolute atomic E-state index is 13.4. The first-order valence-corrected chi connectivity index (χ1v) is 10.1. The van der Waals surface area contributed by atoms with Crippen molar-refractivity contribution in [2.75, 3.05) is 5.32 Å². The second kappa shape index (κ2) is 8.27. The van der Waals surface area contributed by atoms with E-state index in [0.29, 0.717) is 5.92 Å². The van der Waals surface area contributed by atoms with Crippen LogP contribution in [0.1, 0.15) is 44.1 Å². The van der Waals surface area contributed by atoms with Crippen molar-refractivity contribution in [1.82, 2.24) is 4.98 Å². The zero-order valence-corrected chi connectivity index (χ0v) is 16.4. The zero-order chi connectivity index (χ0) is 20.4. The Morgan fingerprint density at radius 2 is 1.79 bits per heavy atom. The number of halogens is 2. The van der Waals surface area contributed by atoms with Crippen molar-refractivity contribution in [2.45, 2.75) is 38.5 Å². The van der Waals surface area contributed by atoms with Gasteiger partial charge in [-0.1, -0.05) is 25.1 Å². The third kappa shape index (κ3) is 4.14. The number of amides is 1. The fraction of sp³-hybridized carbons (Fsp3) is 0.333. The van der Waals surface area contributed by atoms with Crippen LogP contribution in [-0.4, -0.2) is 10.9 Å². The number of anilines is 1. The lowest BCUT2D eigenvalue weighted by Gasteiger charge is -2.32. The molecule has 0 aliphatic heterocycles. The molecule has 3 aromatic rings. The minimum atomic E-state index is -0.958. The Bertz CT molecular complexity index is 1020. The van der Waals surface area contributed by atoms with Gasteiger partial charge in [-0.3, -0.25) is 9.78 Å². The molecule has 5 heteroatoms. The van der Waals surface area contributed by atoms with Gasteiger partial charge in [-0.25, -0.2) is 8.78 Å². The molecule has 4 rings (SSSR count). The SMILES string of the molecule is C[C@@H](C(=O)Nc1ccc(F)c(F)c1)[C@H]1CC[C@@H](c2ccnc3ccccc32)CC1. The number of nitrogens with zero attached hydrogens (tertiary/aromatic N) is 1. The number of benzene rings is 2. The van der Waals surface area contributed by atoms with Crippen LogP contribution in [-0.2, 0) is 4.79 Å². The lowest BCUT2D eigenvalue weighted by molar-refractivity contribution is -0.121. The molecule has 150 valence electrons. The van der Waals surface area contributed by atoms with Gasteiger partial charge in [0.05, 0.1) is 5.52 Å². The van der Waals surface area contributed by atoms with Crippen molar-refractivity contribution in [3.63, 3.8) is 0 Å². The number of hydrogen-bond donors (Lipinski definition) is 1. The van der Waals surface area contributed by atoms with Crippen LogP contribution in [0.15, 0.2) is 54.7 Å². The number of carbonyl (C=O) groups is 1. The summed E-state index contributed by atoms with van der Waals surface area (Å²) in [5.41, 5.74) is 2.65. The Labute approximate surface area is 169 Å². The molecule has 2 aromatic carbocycles. The standard InChI is InChI=1S/C24H24F2N2O/c1-15(24(29)28-18-10-11-21(25)22(26)14-18)16-6-8-17(9-7-16)19-12-13-27-23-5-3-2-4-20(19)23/h2-5,10-17H,6-9H2,1H3,(H,28,29)/t15-,16-,17+/m1/s1. The molecule has 0 spiro atoms. The van der Waals surface area contributed by atoms with Gasteiger partial charge in [0.1, 0.15) is 0 Å². The van der Waals surface area contributed by atoms with Gasteiger partial charge in [0.15, 0.2) is 11.6 Å². The van der Waals surface area contributed by atoms with Crippen molar-refractivity contribution in [3.05, 3.63) is 71.9 Å². The normalized spacial score (nSPS) is 20.4. The van der Waals surface area contributed by atoms with Crippen LogP contribution in [0, 0.1) is 23.5 Å². The van der Waals surface area contributed by atoms with Gasteiger partial charge in [-0.15, -0.1) is 0 Å². The van der Waals surface area contributed by atoms with Crippen LogP contribution in [0.3, 0.4) is 0 Å². The Morgan fingerprint density at radius 1 is 1.03 bits per heavy atom. The highest BCUT2D eigenvalue weighted by molar-refractivity contribution is 5.92. The summed E-state index contributed by atoms with van der Waals surface area (Å²) >= 11 is 0. The van der Waals surface area contributed by atoms with E-state index in [4.69, 9.17) is 0 Å². The molecule has 29 heavy (non-hydrogen) atoms. The van der Waals surface area contributed by atoms with Crippen LogP contribution in [0.2, 0.25) is 0 Å². The number of aromatic nitrogens is 1. The van der Waals surface area contributed by atoms with Gasteiger partial charge < -0.3 is 5.32 Å². The summed E-state index contributed by atoms with van der Waals surface area (Å²) in [5.74, 6) is -1.45. The van der Waals surface area contributed by atoms with Gasteiger partial charge in [0.2, 0.25) is 5.91 Å². The molecule has 0 unspecified atom stereocenters. The Balaban J connectivity index is 1.39. The Hall–Kier alpha value is -2.82. The van der Waals surface area contributed by atoms with Crippen LogP contribution in [0.5, 0.6) is 0 Å². The quantitative estimate of drug-likeness (QED) is 0.584. The first-order valence-electron chi connectivity index (χ1n) is 10.1. The van der Waals surface area contributed by atoms with Crippen LogP contribution in [0.25, 0.3) is 10.9 Å². The fourth-order valence-electron chi connectivity index (χ4n) is 4.45. The summed E-state index contributed by atoms with van der Waals surface area (Å²) in [4.78, 5) is 17.1. The number of pyridine rings is 1. The van der Waals surface area contributed by atoms with Crippen LogP contribution in [0.4, 0.5) is 14.5 Å². The first kappa shape index (κ1) is 19.5. The minimum absolute atomic E-state index is 0.145. The van der Waals surface area contributed by atoms with Gasteiger partial charge in [-0.05, 0) is 67.3 Å². The number of nitrogens with one attached hydrogen (secondary N) is 1. The van der Waals surface area contributed by atoms with Crippen LogP contribution < -0.4 is 5.32 Å². The molecule has 1 saturated carbocycles. The summed E-state index contributed by atoms with van der Waals surface area (Å²) in [5, 5.41) is 3.93. The second-order valence-electron chi connectivity index (χ2n) is 7.94. The molecule has 1 amide bonds. The molecule has 1 atom stereocenters. The second-order valence-corrected chi connectivity index (χ2v) is 7.94. The molecule has 1 N–H and O–H groups in total. The number of hydrogen-bond acceptors (Lipinski definition) is 2. The highest BCUT2D eigenvalue weighted by atomic mass is 19.2. The molecule has 1 fully saturated rings. The summed E-state index contributed by atoms with van der Waals surface area (Å²) in [6.07, 6.45) is 5.87. The summed E-state index contributed by atoms with van der Waals surface area (Å²) in [6.45, 7) is 1.92. The van der Waals surface area contributed by atoms with Crippen molar-refractivity contribution >= 4 is 22.5 Å². The largest absolute Gasteiger partial charge is 0.326 e. The van der Waals surface area contributed by atoms with Gasteiger partial charge >= 0.3 is 0 Å². The maximum Gasteiger partial charge on any atom is 0.227 e. The molecule has 0 saturated heterocycles. The van der Waals surface area contributed by atoms with Gasteiger partial charge in [0, 0.05) is 29.3 Å². The molecule has 3 nitrogen and oxygen atoms in total. The third-order valence-corrected chi connectivity index (χ3v) is 6.20. The van der Waals surface area contributed by atoms with E-state index in [0.717, 1.165) is 43.3 Å². The Morgan fingerprint density at radius 3 is 2.55 bits per heavy atom. The minimum Gasteiger partial charge on any atom is -0.326 e. The lowest BCUT2D eigenvalue weighted by atomic mass is 9.73. The summed E-state index contributed by atoms with van der Waals surface area (Å²) in [7, 11) is 0. The highest BCUT2D eigenvalue weighted by Gasteiger charge is 2.30. The average Bonchev–Trinajstić information content (AvgIpc) is 2.75. The van der Waals surface area contributed by atoms with E-state index in [9.17, 15) is 13.6 Å². The summed E-state index contributed by atoms with van der Waals surface area (Å²) < 4.78 is 26.4. The Kier molecular flexibility index (Phi) is 5.56. The molecular formula is C24H24F2N2O. The average molecular weight is 394 g/mol. The maximum atomic E-state index is 13.4. The van der Waals surface area contributed by atoms with Crippen molar-refractivity contribution in [3.8, 4) is 0 Å². The van der Waals surface area contributed by atoms with E-state index in [1.807, 2.05) is 31.3 Å². The number of rotatable bonds is 4. The molecule has 0 bridgehead atoms. The van der Waals surface area contributed by atoms with E-state index in [2.05, 4.69) is 22.4 Å². The van der Waals surface area contributed by atoms with Crippen molar-refractivity contribution in [2.24, 2.45) is 11.8 Å². The first-order chi connectivity index (χ1) is 14.0. The molecule has 1 aliphatic carbocycles. The molecule has 1 aliphatic rings. The zero-order valence-electron chi connectivity index (χ0n) is 16.4. The van der Waals surface area contributed by atoms with Crippen molar-refractivity contribution in [1.29, 1.82) is 0 Å². The fourth-order valence-corrected chi connectivity index (χ4v) is 4.45. The lowest BCUT2D eigenvalue weighted by Crippen LogP contribution is -2.29. The van der Waals surface area contributed by atoms with E-state index in [1.165, 1.54) is 17.0 Å². The molecular weight excluding hydrogens is 370 g/mol. The molecule has 0 radical (unpaired) electrons. The summed E-state index contributed by atoms with van der Waals surface area (Å²) in [6, 6.07) is 13.8. The molecule has 1 aromatic heterocycles. The number of para-hydroxylation sites is 1. The highest BCUT2D eigenvalue weighted by Crippen LogP contribution is 2.40. The predicted octanol–water partition coefficient (Wildman–Crippen LogP) is 6.06. The third-order valence-electron chi connectivity index (χ3n) is 6.20. The van der Waals surface area contributed by atoms with Crippen molar-refractivity contribution < 1.29 is 13.6 Å². The van der Waals surface area contributed by atoms with E-state index >= 15 is 0 Å². The molecule has 1 heterocycles. The predicted molar refractivity (Wildman–Crippen MR) is 111 cm³/mol. The van der Waals surface area contributed by atoms with E-state index < -0.39 is 11.6 Å². The van der Waals surface area contributed by atoms with E-state index in [1.54, 1.807) is 0 Å². The number of carbonyl (C=O) groups excluding carboxylic acids is 1. The van der Waals surface area contributed by atoms with E-state index in [-0.39, 0.29) is 23.4 Å². The number of fused-ring (bicyclic) bond motifs is 1.